The van der Waals surface area contributed by atoms with Crippen LogP contribution in [-0.4, -0.2) is 16.9 Å². The summed E-state index contributed by atoms with van der Waals surface area (Å²) in [6.45, 7) is 3.82. The molecule has 0 aliphatic rings. The van der Waals surface area contributed by atoms with Crippen LogP contribution in [0.15, 0.2) is 42.5 Å². The van der Waals surface area contributed by atoms with Gasteiger partial charge in [-0.3, -0.25) is 4.90 Å². The van der Waals surface area contributed by atoms with Crippen molar-refractivity contribution >= 4 is 28.8 Å². The van der Waals surface area contributed by atoms with Crippen molar-refractivity contribution in [2.75, 3.05) is 7.05 Å². The van der Waals surface area contributed by atoms with E-state index in [4.69, 9.17) is 29.6 Å². The molecule has 2 rings (SSSR count). The molecule has 0 bridgehead atoms. The maximum Gasteiger partial charge on any atom is 0.103 e. The van der Waals surface area contributed by atoms with Gasteiger partial charge in [-0.15, -0.1) is 0 Å². The van der Waals surface area contributed by atoms with Gasteiger partial charge in [-0.2, -0.15) is 0 Å². The lowest BCUT2D eigenvalue weighted by Crippen LogP contribution is -2.18. The Hall–Kier alpha value is -1.42. The van der Waals surface area contributed by atoms with Gasteiger partial charge < -0.3 is 5.73 Å². The third-order valence-corrected chi connectivity index (χ3v) is 3.88. The van der Waals surface area contributed by atoms with Crippen molar-refractivity contribution in [1.29, 1.82) is 0 Å². The smallest absolute Gasteiger partial charge is 0.103 e. The predicted molar refractivity (Wildman–Crippen MR) is 93.7 cm³/mol. The number of hydrogen-bond donors (Lipinski definition) is 1. The topological polar surface area (TPSA) is 29.3 Å². The molecule has 0 heterocycles. The molecule has 2 aromatic rings. The lowest BCUT2D eigenvalue weighted by Gasteiger charge is -2.18. The zero-order valence-electron chi connectivity index (χ0n) is 12.3. The fourth-order valence-electron chi connectivity index (χ4n) is 2.32. The minimum atomic E-state index is 0.442. The monoisotopic (exact) mass is 318 g/mol. The average Bonchev–Trinajstić information content (AvgIpc) is 2.40. The molecule has 0 fully saturated rings. The molecular formula is C17H19ClN2S. The first-order valence-electron chi connectivity index (χ1n) is 6.78. The van der Waals surface area contributed by atoms with E-state index in [0.29, 0.717) is 4.99 Å². The largest absolute Gasteiger partial charge is 0.389 e. The van der Waals surface area contributed by atoms with Crippen molar-refractivity contribution in [3.8, 4) is 0 Å². The second-order valence-electron chi connectivity index (χ2n) is 5.31. The van der Waals surface area contributed by atoms with E-state index in [1.165, 1.54) is 16.7 Å². The second-order valence-corrected chi connectivity index (χ2v) is 6.18. The second kappa shape index (κ2) is 7.03. The van der Waals surface area contributed by atoms with Crippen LogP contribution in [0.3, 0.4) is 0 Å². The van der Waals surface area contributed by atoms with Crippen LogP contribution in [0.1, 0.15) is 22.3 Å². The van der Waals surface area contributed by atoms with Crippen molar-refractivity contribution in [3.05, 3.63) is 69.7 Å². The van der Waals surface area contributed by atoms with Crippen LogP contribution in [0.2, 0.25) is 5.02 Å². The Balaban J connectivity index is 2.06. The van der Waals surface area contributed by atoms with E-state index in [1.807, 2.05) is 30.3 Å². The van der Waals surface area contributed by atoms with Gasteiger partial charge in [0.05, 0.1) is 0 Å². The Bertz CT molecular complexity index is 655. The van der Waals surface area contributed by atoms with Gasteiger partial charge in [0, 0.05) is 23.7 Å². The van der Waals surface area contributed by atoms with Crippen molar-refractivity contribution in [1.82, 2.24) is 4.90 Å². The zero-order chi connectivity index (χ0) is 15.4. The molecule has 2 N–H and O–H groups in total. The van der Waals surface area contributed by atoms with Crippen LogP contribution in [0.5, 0.6) is 0 Å². The first kappa shape index (κ1) is 16.0. The number of hydrogen-bond acceptors (Lipinski definition) is 2. The van der Waals surface area contributed by atoms with Gasteiger partial charge in [0.2, 0.25) is 0 Å². The van der Waals surface area contributed by atoms with Crippen LogP contribution in [-0.2, 0) is 13.1 Å². The highest BCUT2D eigenvalue weighted by molar-refractivity contribution is 7.80. The normalized spacial score (nSPS) is 10.9. The van der Waals surface area contributed by atoms with Gasteiger partial charge in [0.25, 0.3) is 0 Å². The lowest BCUT2D eigenvalue weighted by atomic mass is 10.0. The highest BCUT2D eigenvalue weighted by Gasteiger charge is 2.06. The molecule has 110 valence electrons. The number of rotatable bonds is 5. The molecule has 0 spiro atoms. The molecule has 0 saturated carbocycles. The van der Waals surface area contributed by atoms with Crippen LogP contribution in [0, 0.1) is 6.92 Å². The number of nitrogens with zero attached hydrogens (tertiary/aromatic N) is 1. The number of benzene rings is 2. The molecule has 21 heavy (non-hydrogen) atoms. The van der Waals surface area contributed by atoms with E-state index in [9.17, 15) is 0 Å². The Kier molecular flexibility index (Phi) is 5.34. The third kappa shape index (κ3) is 4.53. The van der Waals surface area contributed by atoms with E-state index in [1.54, 1.807) is 0 Å². The Labute approximate surface area is 136 Å². The number of thiocarbonyl (C=S) groups is 1. The summed E-state index contributed by atoms with van der Waals surface area (Å²) in [5.41, 5.74) is 10.3. The van der Waals surface area contributed by atoms with Crippen LogP contribution in [0.25, 0.3) is 0 Å². The van der Waals surface area contributed by atoms with Crippen LogP contribution < -0.4 is 5.73 Å². The van der Waals surface area contributed by atoms with Gasteiger partial charge in [0.15, 0.2) is 0 Å². The van der Waals surface area contributed by atoms with Crippen molar-refractivity contribution in [2.24, 2.45) is 5.73 Å². The molecule has 0 radical (unpaired) electrons. The van der Waals surface area contributed by atoms with Crippen molar-refractivity contribution in [2.45, 2.75) is 20.0 Å². The fraction of sp³-hybridized carbons (Fsp3) is 0.235. The maximum absolute atomic E-state index is 6.02. The van der Waals surface area contributed by atoms with Crippen molar-refractivity contribution < 1.29 is 0 Å². The van der Waals surface area contributed by atoms with E-state index < -0.39 is 0 Å². The van der Waals surface area contributed by atoms with Crippen LogP contribution in [0.4, 0.5) is 0 Å². The summed E-state index contributed by atoms with van der Waals surface area (Å²) >= 11 is 11.0. The van der Waals surface area contributed by atoms with Gasteiger partial charge in [-0.05, 0) is 48.9 Å². The summed E-state index contributed by atoms with van der Waals surface area (Å²) < 4.78 is 0. The molecule has 0 unspecified atom stereocenters. The fourth-order valence-corrected chi connectivity index (χ4v) is 2.66. The summed E-state index contributed by atoms with van der Waals surface area (Å²) in [6.07, 6.45) is 0. The molecule has 2 nitrogen and oxygen atoms in total. The minimum Gasteiger partial charge on any atom is -0.389 e. The molecule has 2 aromatic carbocycles. The minimum absolute atomic E-state index is 0.442. The quantitative estimate of drug-likeness (QED) is 0.847. The Morgan fingerprint density at radius 3 is 2.57 bits per heavy atom. The molecule has 0 atom stereocenters. The van der Waals surface area contributed by atoms with Gasteiger partial charge in [0.1, 0.15) is 4.99 Å². The molecule has 0 amide bonds. The van der Waals surface area contributed by atoms with Gasteiger partial charge in [-0.25, -0.2) is 0 Å². The molecule has 0 aliphatic carbocycles. The molecule has 0 aromatic heterocycles. The summed E-state index contributed by atoms with van der Waals surface area (Å²) in [4.78, 5) is 2.70. The number of nitrogens with two attached hydrogens (primary N) is 1. The number of aryl methyl sites for hydroxylation is 1. The van der Waals surface area contributed by atoms with Crippen molar-refractivity contribution in [3.63, 3.8) is 0 Å². The third-order valence-electron chi connectivity index (χ3n) is 3.41. The molecule has 4 heteroatoms. The lowest BCUT2D eigenvalue weighted by molar-refractivity contribution is 0.318. The summed E-state index contributed by atoms with van der Waals surface area (Å²) in [6, 6.07) is 14.1. The van der Waals surface area contributed by atoms with E-state index in [2.05, 4.69) is 31.0 Å². The summed E-state index contributed by atoms with van der Waals surface area (Å²) in [5.74, 6) is 0. The van der Waals surface area contributed by atoms with Gasteiger partial charge in [-0.1, -0.05) is 48.1 Å². The Morgan fingerprint density at radius 2 is 1.95 bits per heavy atom. The zero-order valence-corrected chi connectivity index (χ0v) is 13.8. The first-order valence-corrected chi connectivity index (χ1v) is 7.56. The van der Waals surface area contributed by atoms with E-state index >= 15 is 0 Å². The highest BCUT2D eigenvalue weighted by atomic mass is 35.5. The summed E-state index contributed by atoms with van der Waals surface area (Å²) in [7, 11) is 2.10. The molecule has 0 aliphatic heterocycles. The van der Waals surface area contributed by atoms with Gasteiger partial charge >= 0.3 is 0 Å². The van der Waals surface area contributed by atoms with E-state index in [0.717, 1.165) is 23.7 Å². The molecular weight excluding hydrogens is 300 g/mol. The summed E-state index contributed by atoms with van der Waals surface area (Å²) in [5, 5.41) is 0.776. The predicted octanol–water partition coefficient (Wildman–Crippen LogP) is 3.91. The van der Waals surface area contributed by atoms with E-state index in [-0.39, 0.29) is 0 Å². The number of halogens is 1. The van der Waals surface area contributed by atoms with Crippen LogP contribution >= 0.6 is 23.8 Å². The first-order chi connectivity index (χ1) is 9.95. The SMILES string of the molecule is Cc1cc(C(N)=S)ccc1CN(C)Cc1cccc(Cl)c1. The molecule has 0 saturated heterocycles. The maximum atomic E-state index is 6.02. The Morgan fingerprint density at radius 1 is 1.19 bits per heavy atom. The standard InChI is InChI=1S/C17H19ClN2S/c1-12-8-14(17(19)21)6-7-15(12)11-20(2)10-13-4-3-5-16(18)9-13/h3-9H,10-11H2,1-2H3,(H2,19,21). The average molecular weight is 319 g/mol. The highest BCUT2D eigenvalue weighted by Crippen LogP contribution is 2.16.